The predicted molar refractivity (Wildman–Crippen MR) is 94.1 cm³/mol. The van der Waals surface area contributed by atoms with E-state index in [4.69, 9.17) is 17.2 Å². The minimum absolute atomic E-state index is 0.459. The molecule has 4 rings (SSSR count). The lowest BCUT2D eigenvalue weighted by Crippen LogP contribution is -3.09. The number of hydrogen-bond acceptors (Lipinski definition) is 4. The molecule has 1 aliphatic heterocycles. The summed E-state index contributed by atoms with van der Waals surface area (Å²) in [6, 6.07) is 8.86. The number of thiazole rings is 1. The lowest BCUT2D eigenvalue weighted by molar-refractivity contribution is -0.941. The standard InChI is InChI=1S/C16H19N5S2/c1-2-19-10-17-21(16(19)22)11-20-9-5-7-13(20)15-18-12-6-3-4-8-14(12)23-15/h3-4,6,8,10,13H,2,5,7,9,11H2,1H3/p+1/t13-/m0/s1. The Hall–Kier alpha value is -1.57. The van der Waals surface area contributed by atoms with Crippen LogP contribution in [0.3, 0.4) is 0 Å². The van der Waals surface area contributed by atoms with E-state index in [9.17, 15) is 0 Å². The summed E-state index contributed by atoms with van der Waals surface area (Å²) in [5, 5.41) is 5.71. The maximum atomic E-state index is 5.50. The van der Waals surface area contributed by atoms with Crippen LogP contribution >= 0.6 is 23.6 Å². The van der Waals surface area contributed by atoms with E-state index in [-0.39, 0.29) is 0 Å². The van der Waals surface area contributed by atoms with Gasteiger partial charge >= 0.3 is 0 Å². The number of para-hydroxylation sites is 1. The van der Waals surface area contributed by atoms with Crippen LogP contribution in [0.15, 0.2) is 30.6 Å². The van der Waals surface area contributed by atoms with Crippen molar-refractivity contribution < 1.29 is 4.90 Å². The molecule has 0 amide bonds. The molecule has 0 radical (unpaired) electrons. The maximum absolute atomic E-state index is 5.50. The zero-order valence-corrected chi connectivity index (χ0v) is 14.7. The van der Waals surface area contributed by atoms with Crippen LogP contribution in [0.1, 0.15) is 30.8 Å². The Morgan fingerprint density at radius 2 is 2.26 bits per heavy atom. The van der Waals surface area contributed by atoms with Crippen LogP contribution in [-0.2, 0) is 13.2 Å². The third-order valence-electron chi connectivity index (χ3n) is 4.58. The van der Waals surface area contributed by atoms with Crippen molar-refractivity contribution in [2.24, 2.45) is 0 Å². The summed E-state index contributed by atoms with van der Waals surface area (Å²) >= 11 is 7.33. The average molecular weight is 347 g/mol. The molecule has 2 atom stereocenters. The Balaban J connectivity index is 1.61. The van der Waals surface area contributed by atoms with Gasteiger partial charge in [0.2, 0.25) is 4.77 Å². The molecule has 5 nitrogen and oxygen atoms in total. The molecule has 3 heterocycles. The molecule has 2 aromatic heterocycles. The van der Waals surface area contributed by atoms with Crippen LogP contribution < -0.4 is 4.90 Å². The van der Waals surface area contributed by atoms with Crippen molar-refractivity contribution in [3.63, 3.8) is 0 Å². The quantitative estimate of drug-likeness (QED) is 0.738. The SMILES string of the molecule is CCn1cnn(C[NH+]2CCC[C@H]2c2nc3ccccc3s2)c1=S. The van der Waals surface area contributed by atoms with E-state index in [0.717, 1.165) is 30.0 Å². The lowest BCUT2D eigenvalue weighted by Gasteiger charge is -2.19. The molecule has 120 valence electrons. The summed E-state index contributed by atoms with van der Waals surface area (Å²) in [6.45, 7) is 4.94. The molecule has 3 aromatic rings. The number of hydrogen-bond donors (Lipinski definition) is 1. The number of quaternary nitrogens is 1. The van der Waals surface area contributed by atoms with Crippen LogP contribution in [0.4, 0.5) is 0 Å². The van der Waals surface area contributed by atoms with E-state index < -0.39 is 0 Å². The molecule has 23 heavy (non-hydrogen) atoms. The van der Waals surface area contributed by atoms with E-state index >= 15 is 0 Å². The first kappa shape index (κ1) is 15.0. The van der Waals surface area contributed by atoms with E-state index in [0.29, 0.717) is 6.04 Å². The van der Waals surface area contributed by atoms with Crippen molar-refractivity contribution in [2.75, 3.05) is 6.54 Å². The first-order valence-electron chi connectivity index (χ1n) is 8.08. The first-order valence-corrected chi connectivity index (χ1v) is 9.31. The molecule has 1 aliphatic rings. The average Bonchev–Trinajstić information content (AvgIpc) is 3.26. The normalized spacial score (nSPS) is 21.3. The monoisotopic (exact) mass is 346 g/mol. The fourth-order valence-electron chi connectivity index (χ4n) is 3.33. The molecule has 0 saturated carbocycles. The minimum atomic E-state index is 0.459. The number of aromatic nitrogens is 4. The van der Waals surface area contributed by atoms with Gasteiger partial charge in [0.25, 0.3) is 0 Å². The van der Waals surface area contributed by atoms with Gasteiger partial charge in [-0.3, -0.25) is 0 Å². The second kappa shape index (κ2) is 6.14. The summed E-state index contributed by atoms with van der Waals surface area (Å²) in [5.74, 6) is 0. The molecule has 7 heteroatoms. The van der Waals surface area contributed by atoms with Crippen LogP contribution in [0.2, 0.25) is 0 Å². The molecule has 1 N–H and O–H groups in total. The van der Waals surface area contributed by atoms with E-state index in [1.807, 2.05) is 26.9 Å². The second-order valence-electron chi connectivity index (χ2n) is 5.98. The summed E-state index contributed by atoms with van der Waals surface area (Å²) in [4.78, 5) is 6.38. The van der Waals surface area contributed by atoms with Gasteiger partial charge in [-0.15, -0.1) is 11.3 Å². The van der Waals surface area contributed by atoms with Crippen LogP contribution in [-0.4, -0.2) is 25.9 Å². The van der Waals surface area contributed by atoms with Gasteiger partial charge in [-0.1, -0.05) is 12.1 Å². The van der Waals surface area contributed by atoms with Gasteiger partial charge in [0, 0.05) is 19.4 Å². The zero-order chi connectivity index (χ0) is 15.8. The Morgan fingerprint density at radius 3 is 3.04 bits per heavy atom. The second-order valence-corrected chi connectivity index (χ2v) is 7.41. The molecule has 1 saturated heterocycles. The zero-order valence-electron chi connectivity index (χ0n) is 13.1. The Bertz CT molecular complexity index is 845. The predicted octanol–water partition coefficient (Wildman–Crippen LogP) is 2.42. The van der Waals surface area contributed by atoms with Crippen molar-refractivity contribution in [3.05, 3.63) is 40.4 Å². The smallest absolute Gasteiger partial charge is 0.202 e. The highest BCUT2D eigenvalue weighted by atomic mass is 32.1. The van der Waals surface area contributed by atoms with Crippen molar-refractivity contribution in [3.8, 4) is 0 Å². The number of rotatable bonds is 4. The van der Waals surface area contributed by atoms with Gasteiger partial charge in [0.15, 0.2) is 11.7 Å². The molecule has 0 aliphatic carbocycles. The van der Waals surface area contributed by atoms with E-state index in [1.54, 1.807) is 0 Å². The van der Waals surface area contributed by atoms with Crippen molar-refractivity contribution in [1.29, 1.82) is 0 Å². The highest BCUT2D eigenvalue weighted by molar-refractivity contribution is 7.71. The van der Waals surface area contributed by atoms with Gasteiger partial charge in [0.05, 0.1) is 16.8 Å². The molecular formula is C16H20N5S2+. The molecule has 0 bridgehead atoms. The lowest BCUT2D eigenvalue weighted by atomic mass is 10.2. The molecule has 1 fully saturated rings. The van der Waals surface area contributed by atoms with E-state index in [1.165, 1.54) is 27.4 Å². The molecule has 1 unspecified atom stereocenters. The topological polar surface area (TPSA) is 40.1 Å². The Kier molecular flexibility index (Phi) is 4.00. The number of benzene rings is 1. The van der Waals surface area contributed by atoms with Gasteiger partial charge in [-0.2, -0.15) is 9.78 Å². The molecule has 0 spiro atoms. The number of fused-ring (bicyclic) bond motifs is 1. The van der Waals surface area contributed by atoms with Crippen molar-refractivity contribution >= 4 is 33.8 Å². The van der Waals surface area contributed by atoms with Gasteiger partial charge in [-0.05, 0) is 31.3 Å². The molecular weight excluding hydrogens is 326 g/mol. The Labute approximate surface area is 144 Å². The van der Waals surface area contributed by atoms with E-state index in [2.05, 4.69) is 36.3 Å². The fraction of sp³-hybridized carbons (Fsp3) is 0.438. The summed E-state index contributed by atoms with van der Waals surface area (Å²) < 4.78 is 6.06. The molecule has 1 aromatic carbocycles. The third kappa shape index (κ3) is 2.73. The van der Waals surface area contributed by atoms with Gasteiger partial charge in [-0.25, -0.2) is 4.98 Å². The first-order chi connectivity index (χ1) is 11.3. The van der Waals surface area contributed by atoms with Crippen LogP contribution in [0, 0.1) is 4.77 Å². The highest BCUT2D eigenvalue weighted by Gasteiger charge is 2.33. The minimum Gasteiger partial charge on any atom is -0.308 e. The number of nitrogens with one attached hydrogen (secondary N) is 1. The summed E-state index contributed by atoms with van der Waals surface area (Å²) in [7, 11) is 0. The van der Waals surface area contributed by atoms with Crippen LogP contribution in [0.5, 0.6) is 0 Å². The highest BCUT2D eigenvalue weighted by Crippen LogP contribution is 2.28. The van der Waals surface area contributed by atoms with Crippen molar-refractivity contribution in [2.45, 2.75) is 39.0 Å². The fourth-order valence-corrected chi connectivity index (χ4v) is 4.78. The van der Waals surface area contributed by atoms with Crippen molar-refractivity contribution in [1.82, 2.24) is 19.3 Å². The summed E-state index contributed by atoms with van der Waals surface area (Å²) in [6.07, 6.45) is 4.26. The van der Waals surface area contributed by atoms with Gasteiger partial charge in [0.1, 0.15) is 12.4 Å². The van der Waals surface area contributed by atoms with Gasteiger partial charge < -0.3 is 9.47 Å². The summed E-state index contributed by atoms with van der Waals surface area (Å²) in [5.41, 5.74) is 1.12. The maximum Gasteiger partial charge on any atom is 0.202 e. The number of likely N-dealkylation sites (tertiary alicyclic amines) is 1. The number of aryl methyl sites for hydroxylation is 1. The van der Waals surface area contributed by atoms with Crippen LogP contribution in [0.25, 0.3) is 10.2 Å². The number of nitrogens with zero attached hydrogens (tertiary/aromatic N) is 4. The largest absolute Gasteiger partial charge is 0.308 e. The third-order valence-corrected chi connectivity index (χ3v) is 6.18. The Morgan fingerprint density at radius 1 is 1.39 bits per heavy atom.